The number of nitro benzene ring substituents is 1. The van der Waals surface area contributed by atoms with Crippen LogP contribution in [0.4, 0.5) is 28.4 Å². The lowest BCUT2D eigenvalue weighted by atomic mass is 9.60. The van der Waals surface area contributed by atoms with Gasteiger partial charge >= 0.3 is 0 Å². The first-order chi connectivity index (χ1) is 34.4. The second-order valence-corrected chi connectivity index (χ2v) is 22.5. The first-order valence-electron chi connectivity index (χ1n) is 25.5. The van der Waals surface area contributed by atoms with E-state index in [4.69, 9.17) is 23.9 Å². The number of aromatic amines is 1. The quantitative estimate of drug-likeness (QED) is 0.0749. The van der Waals surface area contributed by atoms with Gasteiger partial charge in [0.1, 0.15) is 28.9 Å². The van der Waals surface area contributed by atoms with Gasteiger partial charge in [-0.05, 0) is 132 Å². The van der Waals surface area contributed by atoms with E-state index in [-0.39, 0.29) is 40.7 Å². The van der Waals surface area contributed by atoms with Crippen molar-refractivity contribution in [1.82, 2.24) is 19.6 Å². The predicted molar refractivity (Wildman–Crippen MR) is 270 cm³/mol. The number of carbonyl (C=O) groups excluding carboxylic acids is 1. The first-order valence-corrected chi connectivity index (χ1v) is 27.0. The molecule has 5 aromatic rings. The van der Waals surface area contributed by atoms with Crippen LogP contribution in [0.25, 0.3) is 11.0 Å². The molecule has 0 radical (unpaired) electrons. The minimum absolute atomic E-state index is 0.0912. The fourth-order valence-electron chi connectivity index (χ4n) is 12.1. The summed E-state index contributed by atoms with van der Waals surface area (Å²) in [5, 5.41) is 16.3. The number of nitrogens with one attached hydrogen (secondary N) is 3. The second-order valence-electron chi connectivity index (χ2n) is 20.8. The predicted octanol–water partition coefficient (Wildman–Crippen LogP) is 8.74. The number of sulfonamides is 1. The summed E-state index contributed by atoms with van der Waals surface area (Å²) in [4.78, 5) is 41.2. The minimum Gasteiger partial charge on any atom is -0.491 e. The molecule has 3 aromatic carbocycles. The van der Waals surface area contributed by atoms with Gasteiger partial charge in [-0.2, -0.15) is 4.98 Å². The number of carbonyl (C=O) groups is 1. The van der Waals surface area contributed by atoms with Crippen LogP contribution < -0.4 is 29.3 Å². The molecule has 7 heterocycles. The molecule has 0 unspecified atom stereocenters. The lowest BCUT2D eigenvalue weighted by Gasteiger charge is -2.56. The van der Waals surface area contributed by atoms with Crippen molar-refractivity contribution in [2.45, 2.75) is 101 Å². The number of benzene rings is 3. The lowest BCUT2D eigenvalue weighted by Crippen LogP contribution is -2.54. The third kappa shape index (κ3) is 9.63. The molecule has 2 aromatic heterocycles. The van der Waals surface area contributed by atoms with Crippen LogP contribution in [0.5, 0.6) is 11.6 Å². The van der Waals surface area contributed by atoms with E-state index < -0.39 is 31.4 Å². The van der Waals surface area contributed by atoms with Crippen molar-refractivity contribution < 1.29 is 37.1 Å². The van der Waals surface area contributed by atoms with Gasteiger partial charge in [-0.1, -0.05) is 18.2 Å². The maximum atomic E-state index is 14.7. The Labute approximate surface area is 414 Å². The Morgan fingerprint density at radius 1 is 0.958 bits per heavy atom. The van der Waals surface area contributed by atoms with Gasteiger partial charge in [0.25, 0.3) is 21.6 Å². The van der Waals surface area contributed by atoms with E-state index in [0.29, 0.717) is 80.9 Å². The molecule has 5 fully saturated rings. The number of H-pyrrole nitrogens is 1. The molecule has 1 amide bonds. The fourth-order valence-corrected chi connectivity index (χ4v) is 13.1. The molecule has 4 saturated heterocycles. The standard InChI is InChI=1S/C53H64N8O9S/c1-34(2)69-49-8-4-3-6-41(49)44-7-5-20-59(44)39-29-53(30-39)17-21-58(22-18-53)38-9-11-42(45(27-38)60-32-37-33-68-25-16-48(37)70-52-47(60)26-36-13-19-54-50(36)56-52)51(62)57-71(65,66)40-10-12-43(46(28-40)61(63)64)55-31-35-14-23-67-24-15-35/h3-4,6,8-13,19,26-28,34-35,37,39,44,48,55H,5,7,14-18,20-25,29-33H2,1-2H3,(H,54,56)(H,57,62)/t37-,44-,48+/m0/s1. The van der Waals surface area contributed by atoms with E-state index in [9.17, 15) is 23.3 Å². The summed E-state index contributed by atoms with van der Waals surface area (Å²) < 4.78 is 55.0. The van der Waals surface area contributed by atoms with Gasteiger partial charge in [0.2, 0.25) is 5.88 Å². The van der Waals surface area contributed by atoms with Crippen LogP contribution in [0.15, 0.2) is 83.9 Å². The summed E-state index contributed by atoms with van der Waals surface area (Å²) in [5.41, 5.74) is 4.21. The molecule has 0 bridgehead atoms. The number of fused-ring (bicyclic) bond motifs is 3. The largest absolute Gasteiger partial charge is 0.491 e. The maximum absolute atomic E-state index is 14.7. The number of aromatic nitrogens is 2. The first kappa shape index (κ1) is 47.4. The number of ether oxygens (including phenoxy) is 4. The van der Waals surface area contributed by atoms with Crippen LogP contribution >= 0.6 is 0 Å². The third-order valence-electron chi connectivity index (χ3n) is 15.9. The monoisotopic (exact) mass is 988 g/mol. The summed E-state index contributed by atoms with van der Waals surface area (Å²) in [5.74, 6) is 0.713. The molecule has 1 aliphatic carbocycles. The summed E-state index contributed by atoms with van der Waals surface area (Å²) in [6.07, 6.45) is 10.8. The average Bonchev–Trinajstić information content (AvgIpc) is 4.01. The Morgan fingerprint density at radius 3 is 2.56 bits per heavy atom. The number of piperidine rings is 1. The van der Waals surface area contributed by atoms with Crippen LogP contribution in [-0.2, 0) is 19.5 Å². The van der Waals surface area contributed by atoms with Crippen molar-refractivity contribution in [1.29, 1.82) is 0 Å². The second kappa shape index (κ2) is 19.6. The number of nitro groups is 1. The highest BCUT2D eigenvalue weighted by atomic mass is 32.2. The van der Waals surface area contributed by atoms with Crippen molar-refractivity contribution in [2.24, 2.45) is 17.3 Å². The van der Waals surface area contributed by atoms with E-state index in [1.165, 1.54) is 24.1 Å². The van der Waals surface area contributed by atoms with Gasteiger partial charge in [-0.25, -0.2) is 13.1 Å². The highest BCUT2D eigenvalue weighted by Gasteiger charge is 2.50. The number of likely N-dealkylation sites (tertiary alicyclic amines) is 1. The molecule has 11 rings (SSSR count). The number of amides is 1. The zero-order valence-electron chi connectivity index (χ0n) is 40.5. The summed E-state index contributed by atoms with van der Waals surface area (Å²) in [6.45, 7) is 10.1. The van der Waals surface area contributed by atoms with E-state index in [0.717, 1.165) is 87.5 Å². The summed E-state index contributed by atoms with van der Waals surface area (Å²) >= 11 is 0. The molecule has 18 heteroatoms. The number of anilines is 4. The van der Waals surface area contributed by atoms with Crippen molar-refractivity contribution in [3.63, 3.8) is 0 Å². The van der Waals surface area contributed by atoms with E-state index in [1.54, 1.807) is 6.07 Å². The van der Waals surface area contributed by atoms with Crippen LogP contribution in [0.1, 0.15) is 93.6 Å². The van der Waals surface area contributed by atoms with Crippen LogP contribution in [0.3, 0.4) is 0 Å². The summed E-state index contributed by atoms with van der Waals surface area (Å²) in [6, 6.07) is 22.6. The van der Waals surface area contributed by atoms with E-state index in [1.807, 2.05) is 35.4 Å². The molecule has 1 spiro atoms. The zero-order valence-corrected chi connectivity index (χ0v) is 41.3. The highest BCUT2D eigenvalue weighted by molar-refractivity contribution is 7.90. The Kier molecular flexibility index (Phi) is 13.1. The third-order valence-corrected chi connectivity index (χ3v) is 17.3. The van der Waals surface area contributed by atoms with Crippen molar-refractivity contribution in [3.8, 4) is 11.6 Å². The van der Waals surface area contributed by atoms with Gasteiger partial charge in [-0.15, -0.1) is 0 Å². The average molecular weight is 989 g/mol. The lowest BCUT2D eigenvalue weighted by molar-refractivity contribution is -0.384. The Bertz CT molecular complexity index is 2890. The number of nitrogens with zero attached hydrogens (tertiary/aromatic N) is 5. The van der Waals surface area contributed by atoms with Crippen LogP contribution in [-0.4, -0.2) is 112 Å². The van der Waals surface area contributed by atoms with Gasteiger partial charge in [0.05, 0.1) is 40.4 Å². The Morgan fingerprint density at radius 2 is 1.76 bits per heavy atom. The number of hydrogen-bond acceptors (Lipinski definition) is 14. The molecular weight excluding hydrogens is 925 g/mol. The highest BCUT2D eigenvalue weighted by Crippen LogP contribution is 2.55. The Balaban J connectivity index is 0.868. The molecule has 376 valence electrons. The number of pyridine rings is 1. The van der Waals surface area contributed by atoms with Gasteiger partial charge < -0.3 is 39.0 Å². The van der Waals surface area contributed by atoms with Gasteiger partial charge in [-0.3, -0.25) is 19.8 Å². The smallest absolute Gasteiger partial charge is 0.293 e. The number of hydrogen-bond donors (Lipinski definition) is 3. The van der Waals surface area contributed by atoms with E-state index >= 15 is 0 Å². The SMILES string of the molecule is CC(C)Oc1ccccc1[C@@H]1CCCN1C1CC2(CCN(c3ccc(C(=O)NS(=O)(=O)c4ccc(NCC5CCOCC5)c([N+](=O)[O-])c4)c(N4C[C@H]5COCC[C@H]5Oc5nc6[nH]ccc6cc54)c3)CC2)C1. The maximum Gasteiger partial charge on any atom is 0.293 e. The molecule has 71 heavy (non-hydrogen) atoms. The molecule has 3 atom stereocenters. The Hall–Kier alpha value is -5.95. The van der Waals surface area contributed by atoms with Crippen molar-refractivity contribution in [2.75, 3.05) is 74.3 Å². The molecular formula is C53H64N8O9S. The minimum atomic E-state index is -4.60. The normalized spacial score (nSPS) is 22.9. The topological polar surface area (TPSA) is 194 Å². The van der Waals surface area contributed by atoms with Gasteiger partial charge in [0.15, 0.2) is 0 Å². The van der Waals surface area contributed by atoms with Gasteiger partial charge in [0, 0.05) is 92.7 Å². The van der Waals surface area contributed by atoms with Crippen molar-refractivity contribution in [3.05, 3.63) is 100 Å². The molecule has 6 aliphatic rings. The molecule has 5 aliphatic heterocycles. The number of rotatable bonds is 13. The van der Waals surface area contributed by atoms with E-state index in [2.05, 4.69) is 62.9 Å². The van der Waals surface area contributed by atoms with Crippen LogP contribution in [0.2, 0.25) is 0 Å². The molecule has 17 nitrogen and oxygen atoms in total. The summed E-state index contributed by atoms with van der Waals surface area (Å²) in [7, 11) is -4.60. The zero-order chi connectivity index (χ0) is 48.9. The fraction of sp³-hybridized carbons (Fsp3) is 0.509. The number of para-hydroxylation sites is 1. The molecule has 1 saturated carbocycles. The van der Waals surface area contributed by atoms with Crippen molar-refractivity contribution >= 4 is 55.4 Å². The van der Waals surface area contributed by atoms with Crippen LogP contribution in [0, 0.1) is 27.4 Å². The molecule has 3 N–H and O–H groups in total.